The summed E-state index contributed by atoms with van der Waals surface area (Å²) in [6.07, 6.45) is 3.35. The molecule has 0 fully saturated rings. The van der Waals surface area contributed by atoms with Crippen LogP contribution < -0.4 is 5.32 Å². The Morgan fingerprint density at radius 1 is 1.27 bits per heavy atom. The number of rotatable bonds is 5. The average molecular weight is 203 g/mol. The highest BCUT2D eigenvalue weighted by atomic mass is 14.9. The molecule has 1 atom stereocenters. The topological polar surface area (TPSA) is 12.0 Å². The quantitative estimate of drug-likeness (QED) is 0.720. The van der Waals surface area contributed by atoms with Crippen LogP contribution in [0.5, 0.6) is 0 Å². The Balaban J connectivity index is 2.54. The van der Waals surface area contributed by atoms with Gasteiger partial charge in [-0.25, -0.2) is 0 Å². The summed E-state index contributed by atoms with van der Waals surface area (Å²) < 4.78 is 0. The molecule has 0 aliphatic carbocycles. The van der Waals surface area contributed by atoms with E-state index >= 15 is 0 Å². The standard InChI is InChI=1S/C14H21N/c1-4-14(15-11-10-12(2)3)13-8-6-5-7-9-13/h5-10,14-15H,4,11H2,1-3H3. The minimum absolute atomic E-state index is 0.474. The predicted molar refractivity (Wildman–Crippen MR) is 66.9 cm³/mol. The summed E-state index contributed by atoms with van der Waals surface area (Å²) in [5.74, 6) is 0. The summed E-state index contributed by atoms with van der Waals surface area (Å²) in [5.41, 5.74) is 2.74. The van der Waals surface area contributed by atoms with E-state index in [-0.39, 0.29) is 0 Å². The highest BCUT2D eigenvalue weighted by Gasteiger charge is 2.05. The Labute approximate surface area is 93.2 Å². The molecule has 0 aliphatic heterocycles. The van der Waals surface area contributed by atoms with E-state index in [1.54, 1.807) is 0 Å². The lowest BCUT2D eigenvalue weighted by Crippen LogP contribution is -2.20. The van der Waals surface area contributed by atoms with Crippen molar-refractivity contribution in [1.82, 2.24) is 5.32 Å². The van der Waals surface area contributed by atoms with E-state index in [2.05, 4.69) is 62.5 Å². The fourth-order valence-electron chi connectivity index (χ4n) is 1.59. The van der Waals surface area contributed by atoms with E-state index in [1.165, 1.54) is 11.1 Å². The Morgan fingerprint density at radius 2 is 1.93 bits per heavy atom. The van der Waals surface area contributed by atoms with Crippen LogP contribution in [0.15, 0.2) is 42.0 Å². The maximum absolute atomic E-state index is 3.54. The molecule has 0 heterocycles. The lowest BCUT2D eigenvalue weighted by molar-refractivity contribution is 0.550. The average Bonchev–Trinajstić information content (AvgIpc) is 2.25. The van der Waals surface area contributed by atoms with Gasteiger partial charge in [-0.2, -0.15) is 0 Å². The molecule has 0 saturated carbocycles. The number of hydrogen-bond donors (Lipinski definition) is 1. The van der Waals surface area contributed by atoms with Gasteiger partial charge >= 0.3 is 0 Å². The molecule has 1 N–H and O–H groups in total. The van der Waals surface area contributed by atoms with Crippen LogP contribution in [0, 0.1) is 0 Å². The van der Waals surface area contributed by atoms with Crippen LogP contribution in [0.25, 0.3) is 0 Å². The molecule has 1 heteroatoms. The van der Waals surface area contributed by atoms with Gasteiger partial charge in [0, 0.05) is 12.6 Å². The van der Waals surface area contributed by atoms with Gasteiger partial charge in [0.15, 0.2) is 0 Å². The van der Waals surface area contributed by atoms with E-state index in [0.29, 0.717) is 6.04 Å². The molecule has 1 unspecified atom stereocenters. The highest BCUT2D eigenvalue weighted by molar-refractivity contribution is 5.18. The van der Waals surface area contributed by atoms with E-state index in [0.717, 1.165) is 13.0 Å². The summed E-state index contributed by atoms with van der Waals surface area (Å²) in [6, 6.07) is 11.1. The number of allylic oxidation sites excluding steroid dienone is 1. The number of hydrogen-bond acceptors (Lipinski definition) is 1. The van der Waals surface area contributed by atoms with Crippen molar-refractivity contribution in [3.8, 4) is 0 Å². The van der Waals surface area contributed by atoms with Gasteiger partial charge in [-0.3, -0.25) is 0 Å². The van der Waals surface area contributed by atoms with Crippen LogP contribution in [-0.4, -0.2) is 6.54 Å². The van der Waals surface area contributed by atoms with Gasteiger partial charge in [0.25, 0.3) is 0 Å². The van der Waals surface area contributed by atoms with Crippen LogP contribution in [-0.2, 0) is 0 Å². The Bertz CT molecular complexity index is 296. The summed E-state index contributed by atoms with van der Waals surface area (Å²) >= 11 is 0. The van der Waals surface area contributed by atoms with Crippen LogP contribution >= 0.6 is 0 Å². The zero-order chi connectivity index (χ0) is 11.1. The van der Waals surface area contributed by atoms with Gasteiger partial charge in [-0.05, 0) is 25.8 Å². The second-order valence-electron chi connectivity index (χ2n) is 4.06. The van der Waals surface area contributed by atoms with E-state index in [4.69, 9.17) is 0 Å². The molecular weight excluding hydrogens is 182 g/mol. The fourth-order valence-corrected chi connectivity index (χ4v) is 1.59. The van der Waals surface area contributed by atoms with Gasteiger partial charge in [0.2, 0.25) is 0 Å². The van der Waals surface area contributed by atoms with Crippen molar-refractivity contribution in [2.45, 2.75) is 33.2 Å². The van der Waals surface area contributed by atoms with Gasteiger partial charge in [-0.1, -0.05) is 48.9 Å². The van der Waals surface area contributed by atoms with Gasteiger partial charge in [0.1, 0.15) is 0 Å². The van der Waals surface area contributed by atoms with Crippen molar-refractivity contribution in [2.75, 3.05) is 6.54 Å². The number of benzene rings is 1. The SMILES string of the molecule is CCC(NCC=C(C)C)c1ccccc1. The molecule has 0 bridgehead atoms. The predicted octanol–water partition coefficient (Wildman–Crippen LogP) is 3.69. The molecule has 0 spiro atoms. The third-order valence-electron chi connectivity index (χ3n) is 2.48. The second-order valence-corrected chi connectivity index (χ2v) is 4.06. The molecule has 0 amide bonds. The molecular formula is C14H21N. The van der Waals surface area contributed by atoms with Gasteiger partial charge < -0.3 is 5.32 Å². The molecule has 1 aromatic carbocycles. The van der Waals surface area contributed by atoms with Crippen LogP contribution in [0.3, 0.4) is 0 Å². The van der Waals surface area contributed by atoms with Crippen molar-refractivity contribution < 1.29 is 0 Å². The lowest BCUT2D eigenvalue weighted by atomic mass is 10.0. The number of nitrogens with one attached hydrogen (secondary N) is 1. The summed E-state index contributed by atoms with van der Waals surface area (Å²) in [5, 5.41) is 3.54. The van der Waals surface area contributed by atoms with Crippen molar-refractivity contribution >= 4 is 0 Å². The largest absolute Gasteiger partial charge is 0.306 e. The van der Waals surface area contributed by atoms with Crippen LogP contribution in [0.4, 0.5) is 0 Å². The normalized spacial score (nSPS) is 12.2. The summed E-state index contributed by atoms with van der Waals surface area (Å²) in [6.45, 7) is 7.43. The van der Waals surface area contributed by atoms with Crippen LogP contribution in [0.2, 0.25) is 0 Å². The zero-order valence-corrected chi connectivity index (χ0v) is 9.96. The first-order valence-corrected chi connectivity index (χ1v) is 5.65. The van der Waals surface area contributed by atoms with E-state index < -0.39 is 0 Å². The summed E-state index contributed by atoms with van der Waals surface area (Å²) in [4.78, 5) is 0. The molecule has 1 nitrogen and oxygen atoms in total. The second kappa shape index (κ2) is 6.41. The Hall–Kier alpha value is -1.08. The zero-order valence-electron chi connectivity index (χ0n) is 9.96. The van der Waals surface area contributed by atoms with Crippen molar-refractivity contribution in [3.63, 3.8) is 0 Å². The van der Waals surface area contributed by atoms with Gasteiger partial charge in [0.05, 0.1) is 0 Å². The monoisotopic (exact) mass is 203 g/mol. The summed E-state index contributed by atoms with van der Waals surface area (Å²) in [7, 11) is 0. The molecule has 82 valence electrons. The van der Waals surface area contributed by atoms with Crippen LogP contribution in [0.1, 0.15) is 38.8 Å². The molecule has 1 rings (SSSR count). The Morgan fingerprint density at radius 3 is 2.47 bits per heavy atom. The van der Waals surface area contributed by atoms with Crippen molar-refractivity contribution in [3.05, 3.63) is 47.5 Å². The smallest absolute Gasteiger partial charge is 0.0320 e. The first-order chi connectivity index (χ1) is 7.24. The highest BCUT2D eigenvalue weighted by Crippen LogP contribution is 2.15. The third-order valence-corrected chi connectivity index (χ3v) is 2.48. The molecule has 0 radical (unpaired) electrons. The minimum atomic E-state index is 0.474. The molecule has 0 aliphatic rings. The first-order valence-electron chi connectivity index (χ1n) is 5.65. The van der Waals surface area contributed by atoms with Gasteiger partial charge in [-0.15, -0.1) is 0 Å². The molecule has 0 saturated heterocycles. The fraction of sp³-hybridized carbons (Fsp3) is 0.429. The molecule has 0 aromatic heterocycles. The minimum Gasteiger partial charge on any atom is -0.306 e. The van der Waals surface area contributed by atoms with E-state index in [9.17, 15) is 0 Å². The molecule has 15 heavy (non-hydrogen) atoms. The van der Waals surface area contributed by atoms with E-state index in [1.807, 2.05) is 0 Å². The van der Waals surface area contributed by atoms with Crippen molar-refractivity contribution in [2.24, 2.45) is 0 Å². The maximum Gasteiger partial charge on any atom is 0.0320 e. The maximum atomic E-state index is 3.54. The Kier molecular flexibility index (Phi) is 5.13. The first kappa shape index (κ1) is 12.0. The third kappa shape index (κ3) is 4.30. The van der Waals surface area contributed by atoms with Crippen molar-refractivity contribution in [1.29, 1.82) is 0 Å². The lowest BCUT2D eigenvalue weighted by Gasteiger charge is -2.16. The molecule has 1 aromatic rings.